The van der Waals surface area contributed by atoms with Crippen molar-refractivity contribution in [2.75, 3.05) is 19.0 Å². The number of hydrogen-bond acceptors (Lipinski definition) is 1. The van der Waals surface area contributed by atoms with Crippen LogP contribution in [0.3, 0.4) is 0 Å². The third-order valence-corrected chi connectivity index (χ3v) is 4.56. The summed E-state index contributed by atoms with van der Waals surface area (Å²) in [6.07, 6.45) is 9.59. The maximum absolute atomic E-state index is 5.83. The van der Waals surface area contributed by atoms with Crippen LogP contribution in [0, 0.1) is 11.8 Å². The molecule has 0 aromatic heterocycles. The molecule has 0 spiro atoms. The second-order valence-electron chi connectivity index (χ2n) is 6.53. The summed E-state index contributed by atoms with van der Waals surface area (Å²) in [6.45, 7) is 9.61. The first kappa shape index (κ1) is 16.3. The molecule has 0 bridgehead atoms. The zero-order valence-electron chi connectivity index (χ0n) is 12.6. The van der Waals surface area contributed by atoms with Crippen LogP contribution in [0.5, 0.6) is 0 Å². The van der Waals surface area contributed by atoms with Gasteiger partial charge in [0.15, 0.2) is 0 Å². The van der Waals surface area contributed by atoms with Gasteiger partial charge in [0.05, 0.1) is 0 Å². The van der Waals surface area contributed by atoms with Crippen LogP contribution in [0.25, 0.3) is 0 Å². The smallest absolute Gasteiger partial charge is 0.0225 e. The second kappa shape index (κ2) is 9.20. The Morgan fingerprint density at radius 2 is 1.61 bits per heavy atom. The third-order valence-electron chi connectivity index (χ3n) is 4.35. The highest BCUT2D eigenvalue weighted by atomic mass is 35.5. The number of alkyl halides is 1. The molecule has 0 radical (unpaired) electrons. The van der Waals surface area contributed by atoms with Crippen LogP contribution in [0.1, 0.15) is 65.7 Å². The second-order valence-corrected chi connectivity index (χ2v) is 6.91. The van der Waals surface area contributed by atoms with E-state index in [0.717, 1.165) is 23.8 Å². The quantitative estimate of drug-likeness (QED) is 0.538. The van der Waals surface area contributed by atoms with Crippen molar-refractivity contribution in [3.05, 3.63) is 0 Å². The molecule has 1 atom stereocenters. The van der Waals surface area contributed by atoms with Crippen molar-refractivity contribution in [1.29, 1.82) is 0 Å². The molecule has 0 heterocycles. The highest BCUT2D eigenvalue weighted by Crippen LogP contribution is 2.25. The summed E-state index contributed by atoms with van der Waals surface area (Å²) in [6, 6.07) is 0.881. The molecule has 1 fully saturated rings. The van der Waals surface area contributed by atoms with Crippen molar-refractivity contribution in [3.63, 3.8) is 0 Å². The Balaban J connectivity index is 2.33. The summed E-state index contributed by atoms with van der Waals surface area (Å²) in [4.78, 5) is 2.78. The molecule has 0 aromatic carbocycles. The number of halogens is 1. The van der Waals surface area contributed by atoms with Gasteiger partial charge in [-0.2, -0.15) is 0 Å². The van der Waals surface area contributed by atoms with E-state index in [1.54, 1.807) is 0 Å². The summed E-state index contributed by atoms with van der Waals surface area (Å²) < 4.78 is 0. The monoisotopic (exact) mass is 273 g/mol. The molecule has 0 N–H and O–H groups in total. The van der Waals surface area contributed by atoms with E-state index in [9.17, 15) is 0 Å². The van der Waals surface area contributed by atoms with Crippen LogP contribution in [0.15, 0.2) is 0 Å². The fourth-order valence-corrected chi connectivity index (χ4v) is 3.26. The van der Waals surface area contributed by atoms with E-state index in [1.165, 1.54) is 58.0 Å². The van der Waals surface area contributed by atoms with Crippen molar-refractivity contribution in [2.24, 2.45) is 11.8 Å². The van der Waals surface area contributed by atoms with Gasteiger partial charge in [-0.05, 0) is 57.0 Å². The van der Waals surface area contributed by atoms with Crippen molar-refractivity contribution in [2.45, 2.75) is 71.8 Å². The van der Waals surface area contributed by atoms with Gasteiger partial charge in [0, 0.05) is 11.9 Å². The van der Waals surface area contributed by atoms with E-state index >= 15 is 0 Å². The molecule has 0 aromatic rings. The number of rotatable bonds is 9. The predicted molar refractivity (Wildman–Crippen MR) is 82.4 cm³/mol. The van der Waals surface area contributed by atoms with Crippen molar-refractivity contribution in [1.82, 2.24) is 4.90 Å². The molecule has 1 nitrogen and oxygen atoms in total. The first-order valence-electron chi connectivity index (χ1n) is 7.93. The van der Waals surface area contributed by atoms with Gasteiger partial charge in [-0.3, -0.25) is 0 Å². The van der Waals surface area contributed by atoms with E-state index in [4.69, 9.17) is 11.6 Å². The van der Waals surface area contributed by atoms with Gasteiger partial charge in [-0.15, -0.1) is 11.6 Å². The highest BCUT2D eigenvalue weighted by molar-refractivity contribution is 6.17. The summed E-state index contributed by atoms with van der Waals surface area (Å²) in [5.41, 5.74) is 0. The number of hydrogen-bond donors (Lipinski definition) is 0. The summed E-state index contributed by atoms with van der Waals surface area (Å²) in [7, 11) is 0. The molecule has 1 unspecified atom stereocenters. The molecule has 0 aliphatic heterocycles. The fraction of sp³-hybridized carbons (Fsp3) is 1.00. The van der Waals surface area contributed by atoms with Crippen LogP contribution < -0.4 is 0 Å². The van der Waals surface area contributed by atoms with Crippen molar-refractivity contribution < 1.29 is 0 Å². The topological polar surface area (TPSA) is 3.24 Å². The lowest BCUT2D eigenvalue weighted by molar-refractivity contribution is 0.176. The van der Waals surface area contributed by atoms with E-state index in [-0.39, 0.29) is 0 Å². The van der Waals surface area contributed by atoms with E-state index < -0.39 is 0 Å². The Bertz CT molecular complexity index is 199. The summed E-state index contributed by atoms with van der Waals surface area (Å²) >= 11 is 5.83. The zero-order valence-corrected chi connectivity index (χ0v) is 13.4. The molecule has 18 heavy (non-hydrogen) atoms. The van der Waals surface area contributed by atoms with Crippen molar-refractivity contribution >= 4 is 11.6 Å². The number of nitrogens with zero attached hydrogens (tertiary/aromatic N) is 1. The molecule has 1 aliphatic rings. The SMILES string of the molecule is CC(C)CCN(CCC(C)CCCl)C1CCCC1. The maximum Gasteiger partial charge on any atom is 0.0225 e. The Morgan fingerprint density at radius 1 is 1.00 bits per heavy atom. The van der Waals surface area contributed by atoms with Crippen LogP contribution in [-0.4, -0.2) is 29.9 Å². The summed E-state index contributed by atoms with van der Waals surface area (Å²) in [5.74, 6) is 2.43. The maximum atomic E-state index is 5.83. The molecule has 0 saturated heterocycles. The zero-order chi connectivity index (χ0) is 13.4. The summed E-state index contributed by atoms with van der Waals surface area (Å²) in [5, 5.41) is 0. The molecule has 2 heteroatoms. The van der Waals surface area contributed by atoms with Crippen LogP contribution in [-0.2, 0) is 0 Å². The Hall–Kier alpha value is 0.250. The van der Waals surface area contributed by atoms with Gasteiger partial charge in [-0.1, -0.05) is 33.6 Å². The van der Waals surface area contributed by atoms with Crippen LogP contribution in [0.4, 0.5) is 0 Å². The van der Waals surface area contributed by atoms with E-state index in [0.29, 0.717) is 0 Å². The molecule has 0 amide bonds. The molecular weight excluding hydrogens is 242 g/mol. The largest absolute Gasteiger partial charge is 0.300 e. The highest BCUT2D eigenvalue weighted by Gasteiger charge is 2.22. The van der Waals surface area contributed by atoms with Gasteiger partial charge in [0.1, 0.15) is 0 Å². The Morgan fingerprint density at radius 3 is 2.17 bits per heavy atom. The molecular formula is C16H32ClN. The van der Waals surface area contributed by atoms with Crippen LogP contribution >= 0.6 is 11.6 Å². The predicted octanol–water partition coefficient (Wildman–Crippen LogP) is 4.93. The minimum atomic E-state index is 0.783. The lowest BCUT2D eigenvalue weighted by Crippen LogP contribution is -2.36. The molecule has 1 rings (SSSR count). The van der Waals surface area contributed by atoms with Gasteiger partial charge in [-0.25, -0.2) is 0 Å². The van der Waals surface area contributed by atoms with Crippen LogP contribution in [0.2, 0.25) is 0 Å². The first-order chi connectivity index (χ1) is 8.63. The van der Waals surface area contributed by atoms with Gasteiger partial charge < -0.3 is 4.90 Å². The minimum Gasteiger partial charge on any atom is -0.300 e. The third kappa shape index (κ3) is 6.43. The lowest BCUT2D eigenvalue weighted by atomic mass is 10.0. The Kier molecular flexibility index (Phi) is 8.33. The molecule has 1 aliphatic carbocycles. The average molecular weight is 274 g/mol. The Labute approximate surface area is 119 Å². The standard InChI is InChI=1S/C16H32ClN/c1-14(2)9-12-18(16-6-4-5-7-16)13-10-15(3)8-11-17/h14-16H,4-13H2,1-3H3. The van der Waals surface area contributed by atoms with E-state index in [2.05, 4.69) is 25.7 Å². The van der Waals surface area contributed by atoms with Crippen molar-refractivity contribution in [3.8, 4) is 0 Å². The van der Waals surface area contributed by atoms with Gasteiger partial charge >= 0.3 is 0 Å². The first-order valence-corrected chi connectivity index (χ1v) is 8.47. The average Bonchev–Trinajstić information content (AvgIpc) is 2.82. The minimum absolute atomic E-state index is 0.783. The molecule has 1 saturated carbocycles. The van der Waals surface area contributed by atoms with Gasteiger partial charge in [0.2, 0.25) is 0 Å². The lowest BCUT2D eigenvalue weighted by Gasteiger charge is -2.30. The van der Waals surface area contributed by atoms with E-state index in [1.807, 2.05) is 0 Å². The van der Waals surface area contributed by atoms with Gasteiger partial charge in [0.25, 0.3) is 0 Å². The normalized spacial score (nSPS) is 19.0. The molecule has 108 valence electrons. The fourth-order valence-electron chi connectivity index (χ4n) is 2.89.